The molecule has 0 radical (unpaired) electrons. The van der Waals surface area contributed by atoms with Crippen LogP contribution in [0.2, 0.25) is 0 Å². The second kappa shape index (κ2) is 8.40. The first-order valence-electron chi connectivity index (χ1n) is 11.8. The molecule has 31 heavy (non-hydrogen) atoms. The van der Waals surface area contributed by atoms with Gasteiger partial charge >= 0.3 is 0 Å². The van der Waals surface area contributed by atoms with Crippen molar-refractivity contribution in [3.63, 3.8) is 0 Å². The third-order valence-corrected chi connectivity index (χ3v) is 7.28. The molecule has 2 aliphatic rings. The van der Waals surface area contributed by atoms with Crippen LogP contribution in [0.5, 0.6) is 0 Å². The minimum Gasteiger partial charge on any atom is -0.378 e. The Morgan fingerprint density at radius 1 is 1.10 bits per heavy atom. The zero-order valence-electron chi connectivity index (χ0n) is 19.3. The maximum atomic E-state index is 6.10. The van der Waals surface area contributed by atoms with Gasteiger partial charge in [0.05, 0.1) is 23.2 Å². The zero-order chi connectivity index (χ0) is 21.5. The summed E-state index contributed by atoms with van der Waals surface area (Å²) in [6.45, 7) is 9.93. The molecule has 164 valence electrons. The Bertz CT molecular complexity index is 1040. The van der Waals surface area contributed by atoms with Crippen molar-refractivity contribution >= 4 is 11.0 Å². The minimum atomic E-state index is 0.189. The van der Waals surface area contributed by atoms with Crippen LogP contribution >= 0.6 is 0 Å². The first kappa shape index (κ1) is 20.7. The van der Waals surface area contributed by atoms with Gasteiger partial charge in [-0.25, -0.2) is 4.98 Å². The van der Waals surface area contributed by atoms with Crippen molar-refractivity contribution in [3.8, 4) is 0 Å². The lowest BCUT2D eigenvalue weighted by Crippen LogP contribution is -2.47. The monoisotopic (exact) mass is 417 g/mol. The van der Waals surface area contributed by atoms with Crippen LogP contribution < -0.4 is 0 Å². The Morgan fingerprint density at radius 3 is 2.52 bits per heavy atom. The van der Waals surface area contributed by atoms with Crippen LogP contribution in [0.25, 0.3) is 11.0 Å². The summed E-state index contributed by atoms with van der Waals surface area (Å²) in [7, 11) is 1.88. The average Bonchev–Trinajstić information content (AvgIpc) is 3.34. The zero-order valence-corrected chi connectivity index (χ0v) is 19.3. The number of likely N-dealkylation sites (tertiary alicyclic amines) is 1. The number of rotatable bonds is 5. The van der Waals surface area contributed by atoms with Crippen LogP contribution in [0.15, 0.2) is 42.5 Å². The molecule has 0 saturated carbocycles. The molecule has 1 unspecified atom stereocenters. The van der Waals surface area contributed by atoms with Crippen molar-refractivity contribution in [2.45, 2.75) is 58.1 Å². The summed E-state index contributed by atoms with van der Waals surface area (Å²) in [4.78, 5) is 7.67. The molecular weight excluding hydrogens is 382 g/mol. The molecule has 0 spiro atoms. The van der Waals surface area contributed by atoms with E-state index in [9.17, 15) is 0 Å². The van der Waals surface area contributed by atoms with E-state index in [0.717, 1.165) is 30.9 Å². The van der Waals surface area contributed by atoms with Crippen LogP contribution in [0, 0.1) is 12.8 Å². The molecule has 2 aromatic carbocycles. The molecule has 1 aliphatic carbocycles. The first-order chi connectivity index (χ1) is 15.0. The summed E-state index contributed by atoms with van der Waals surface area (Å²) in [6.07, 6.45) is 3.74. The van der Waals surface area contributed by atoms with Crippen LogP contribution in [0.3, 0.4) is 0 Å². The Kier molecular flexibility index (Phi) is 5.61. The molecule has 4 nitrogen and oxygen atoms in total. The molecule has 0 bridgehead atoms. The number of piperidine rings is 1. The molecule has 2 atom stereocenters. The Hall–Kier alpha value is -2.17. The van der Waals surface area contributed by atoms with Crippen molar-refractivity contribution in [3.05, 3.63) is 65.0 Å². The van der Waals surface area contributed by atoms with E-state index in [-0.39, 0.29) is 6.10 Å². The number of hydrogen-bond donors (Lipinski definition) is 0. The molecule has 5 rings (SSSR count). The molecule has 0 N–H and O–H groups in total. The highest BCUT2D eigenvalue weighted by molar-refractivity contribution is 5.77. The van der Waals surface area contributed by atoms with Crippen LogP contribution in [0.4, 0.5) is 0 Å². The van der Waals surface area contributed by atoms with E-state index >= 15 is 0 Å². The molecule has 1 aliphatic heterocycles. The third-order valence-electron chi connectivity index (χ3n) is 7.28. The summed E-state index contributed by atoms with van der Waals surface area (Å²) in [5.74, 6) is 2.31. The molecule has 2 heterocycles. The fourth-order valence-electron chi connectivity index (χ4n) is 5.79. The standard InChI is InChI=1S/C27H35N3O/c1-18(2)27-28-23-13-19(3)9-10-24(23)30(27)25-11-12-29(17-26(25)31-4)16-20-14-21-7-5-6-8-22(21)15-20/h5-10,13,18,20,25-26H,11-12,14-17H2,1-4H3/t25?,26-/m1/s1. The van der Waals surface area contributed by atoms with Gasteiger partial charge in [-0.1, -0.05) is 44.2 Å². The fraction of sp³-hybridized carbons (Fsp3) is 0.519. The molecule has 0 amide bonds. The van der Waals surface area contributed by atoms with Gasteiger partial charge in [0.15, 0.2) is 0 Å². The number of nitrogens with zero attached hydrogens (tertiary/aromatic N) is 3. The maximum absolute atomic E-state index is 6.10. The summed E-state index contributed by atoms with van der Waals surface area (Å²) in [6, 6.07) is 16.0. The first-order valence-corrected chi connectivity index (χ1v) is 11.8. The molecule has 4 heteroatoms. The number of fused-ring (bicyclic) bond motifs is 2. The molecule has 1 fully saturated rings. The quantitative estimate of drug-likeness (QED) is 0.575. The summed E-state index contributed by atoms with van der Waals surface area (Å²) in [5.41, 5.74) is 6.73. The second-order valence-electron chi connectivity index (χ2n) is 9.92. The van der Waals surface area contributed by atoms with Gasteiger partial charge in [-0.05, 0) is 60.9 Å². The lowest BCUT2D eigenvalue weighted by Gasteiger charge is -2.40. The van der Waals surface area contributed by atoms with Gasteiger partial charge < -0.3 is 14.2 Å². The SMILES string of the molecule is CO[C@@H]1CN(CC2Cc3ccccc3C2)CCC1n1c(C(C)C)nc2cc(C)ccc21. The lowest BCUT2D eigenvalue weighted by molar-refractivity contribution is -0.00966. The van der Waals surface area contributed by atoms with E-state index < -0.39 is 0 Å². The summed E-state index contributed by atoms with van der Waals surface area (Å²) >= 11 is 0. The van der Waals surface area contributed by atoms with Gasteiger partial charge in [0, 0.05) is 32.7 Å². The fourth-order valence-corrected chi connectivity index (χ4v) is 5.79. The van der Waals surface area contributed by atoms with Crippen molar-refractivity contribution in [2.24, 2.45) is 5.92 Å². The van der Waals surface area contributed by atoms with Crippen molar-refractivity contribution in [2.75, 3.05) is 26.7 Å². The van der Waals surface area contributed by atoms with Crippen molar-refractivity contribution in [1.29, 1.82) is 0 Å². The third kappa shape index (κ3) is 3.92. The van der Waals surface area contributed by atoms with Crippen LogP contribution in [-0.2, 0) is 17.6 Å². The van der Waals surface area contributed by atoms with Crippen molar-refractivity contribution < 1.29 is 4.74 Å². The van der Waals surface area contributed by atoms with Gasteiger partial charge in [0.1, 0.15) is 5.82 Å². The van der Waals surface area contributed by atoms with Crippen LogP contribution in [-0.4, -0.2) is 47.3 Å². The number of aromatic nitrogens is 2. The molecular formula is C27H35N3O. The van der Waals surface area contributed by atoms with Gasteiger partial charge in [0.2, 0.25) is 0 Å². The Labute approximate surface area is 186 Å². The predicted octanol–water partition coefficient (Wildman–Crippen LogP) is 5.14. The number of imidazole rings is 1. The highest BCUT2D eigenvalue weighted by Gasteiger charge is 2.35. The predicted molar refractivity (Wildman–Crippen MR) is 127 cm³/mol. The summed E-state index contributed by atoms with van der Waals surface area (Å²) in [5, 5.41) is 0. The van der Waals surface area contributed by atoms with E-state index in [1.807, 2.05) is 7.11 Å². The Balaban J connectivity index is 1.35. The topological polar surface area (TPSA) is 30.3 Å². The van der Waals surface area contributed by atoms with Crippen molar-refractivity contribution in [1.82, 2.24) is 14.5 Å². The minimum absolute atomic E-state index is 0.189. The number of methoxy groups -OCH3 is 1. The van der Waals surface area contributed by atoms with Crippen LogP contribution in [0.1, 0.15) is 54.7 Å². The highest BCUT2D eigenvalue weighted by Crippen LogP contribution is 2.34. The maximum Gasteiger partial charge on any atom is 0.112 e. The normalized spacial score (nSPS) is 22.5. The average molecular weight is 418 g/mol. The Morgan fingerprint density at radius 2 is 1.84 bits per heavy atom. The largest absolute Gasteiger partial charge is 0.378 e. The van der Waals surface area contributed by atoms with Gasteiger partial charge in [-0.3, -0.25) is 0 Å². The molecule has 1 aromatic heterocycles. The molecule has 1 saturated heterocycles. The highest BCUT2D eigenvalue weighted by atomic mass is 16.5. The van der Waals surface area contributed by atoms with E-state index in [2.05, 4.69) is 72.7 Å². The van der Waals surface area contributed by atoms with Gasteiger partial charge in [0.25, 0.3) is 0 Å². The van der Waals surface area contributed by atoms with E-state index in [1.165, 1.54) is 36.3 Å². The van der Waals surface area contributed by atoms with Gasteiger partial charge in [-0.2, -0.15) is 0 Å². The van der Waals surface area contributed by atoms with E-state index in [1.54, 1.807) is 11.1 Å². The van der Waals surface area contributed by atoms with E-state index in [0.29, 0.717) is 12.0 Å². The summed E-state index contributed by atoms with van der Waals surface area (Å²) < 4.78 is 8.60. The number of ether oxygens (including phenoxy) is 1. The number of hydrogen-bond acceptors (Lipinski definition) is 3. The van der Waals surface area contributed by atoms with Gasteiger partial charge in [-0.15, -0.1) is 0 Å². The second-order valence-corrected chi connectivity index (χ2v) is 9.92. The number of benzene rings is 2. The smallest absolute Gasteiger partial charge is 0.112 e. The number of aryl methyl sites for hydroxylation is 1. The molecule has 3 aromatic rings. The lowest BCUT2D eigenvalue weighted by atomic mass is 9.97. The van der Waals surface area contributed by atoms with E-state index in [4.69, 9.17) is 9.72 Å².